The molecule has 1 aromatic carbocycles. The smallest absolute Gasteiger partial charge is 0.139 e. The van der Waals surface area contributed by atoms with Gasteiger partial charge in [0.15, 0.2) is 0 Å². The van der Waals surface area contributed by atoms with Gasteiger partial charge in [0, 0.05) is 11.1 Å². The fraction of sp³-hybridized carbons (Fsp3) is 0.455. The molecule has 0 aliphatic heterocycles. The second kappa shape index (κ2) is 7.09. The lowest BCUT2D eigenvalue weighted by Gasteiger charge is -2.07. The van der Waals surface area contributed by atoms with Crippen molar-refractivity contribution in [3.8, 4) is 5.75 Å². The third-order valence-corrected chi connectivity index (χ3v) is 2.76. The molecule has 0 saturated heterocycles. The summed E-state index contributed by atoms with van der Waals surface area (Å²) in [5.41, 5.74) is 0. The number of hydrogen-bond acceptors (Lipinski definition) is 2. The van der Waals surface area contributed by atoms with E-state index < -0.39 is 0 Å². The van der Waals surface area contributed by atoms with Gasteiger partial charge in [0.25, 0.3) is 0 Å². The molecule has 0 saturated carbocycles. The summed E-state index contributed by atoms with van der Waals surface area (Å²) in [6.45, 7) is 0.883. The molecule has 0 amide bonds. The van der Waals surface area contributed by atoms with Crippen LogP contribution in [0.1, 0.15) is 19.3 Å². The first-order chi connectivity index (χ1) is 7.24. The molecule has 2 nitrogen and oxygen atoms in total. The molecule has 0 heterocycles. The zero-order valence-electron chi connectivity index (χ0n) is 8.38. The van der Waals surface area contributed by atoms with E-state index >= 15 is 0 Å². The first kappa shape index (κ1) is 12.8. The van der Waals surface area contributed by atoms with Crippen molar-refractivity contribution < 1.29 is 9.84 Å². The van der Waals surface area contributed by atoms with E-state index in [1.54, 1.807) is 6.07 Å². The highest BCUT2D eigenvalue weighted by molar-refractivity contribution is 9.10. The molecule has 0 radical (unpaired) electrons. The molecule has 84 valence electrons. The number of aliphatic hydroxyl groups is 1. The number of rotatable bonds is 6. The highest BCUT2D eigenvalue weighted by atomic mass is 79.9. The van der Waals surface area contributed by atoms with Crippen LogP contribution in [0, 0.1) is 0 Å². The number of halogens is 2. The molecule has 0 aliphatic carbocycles. The van der Waals surface area contributed by atoms with Gasteiger partial charge in [0.2, 0.25) is 0 Å². The number of unbranched alkanes of at least 4 members (excludes halogenated alkanes) is 2. The molecule has 1 rings (SSSR count). The van der Waals surface area contributed by atoms with E-state index in [-0.39, 0.29) is 6.61 Å². The Labute approximate surface area is 103 Å². The average molecular weight is 294 g/mol. The second-order valence-electron chi connectivity index (χ2n) is 3.21. The van der Waals surface area contributed by atoms with E-state index in [1.165, 1.54) is 0 Å². The Hall–Kier alpha value is -0.250. The monoisotopic (exact) mass is 292 g/mol. The van der Waals surface area contributed by atoms with Crippen LogP contribution in [0.5, 0.6) is 5.75 Å². The maximum atomic E-state index is 8.59. The topological polar surface area (TPSA) is 29.5 Å². The number of hydrogen-bond donors (Lipinski definition) is 1. The summed E-state index contributed by atoms with van der Waals surface area (Å²) in [6.07, 6.45) is 2.74. The Balaban J connectivity index is 2.33. The van der Waals surface area contributed by atoms with E-state index in [4.69, 9.17) is 21.4 Å². The van der Waals surface area contributed by atoms with E-state index in [1.807, 2.05) is 12.1 Å². The van der Waals surface area contributed by atoms with Crippen LogP contribution in [-0.2, 0) is 0 Å². The zero-order chi connectivity index (χ0) is 11.1. The van der Waals surface area contributed by atoms with Gasteiger partial charge in [0.05, 0.1) is 11.6 Å². The Morgan fingerprint density at radius 3 is 2.80 bits per heavy atom. The lowest BCUT2D eigenvalue weighted by Crippen LogP contribution is -1.98. The van der Waals surface area contributed by atoms with Crippen molar-refractivity contribution in [1.82, 2.24) is 0 Å². The van der Waals surface area contributed by atoms with E-state index in [2.05, 4.69) is 15.9 Å². The SMILES string of the molecule is OCCCCCOc1cc(Br)ccc1Cl. The van der Waals surface area contributed by atoms with Gasteiger partial charge in [0.1, 0.15) is 5.75 Å². The van der Waals surface area contributed by atoms with Crippen LogP contribution in [0.3, 0.4) is 0 Å². The Kier molecular flexibility index (Phi) is 6.06. The maximum Gasteiger partial charge on any atom is 0.139 e. The number of aliphatic hydroxyl groups excluding tert-OH is 1. The van der Waals surface area contributed by atoms with Crippen LogP contribution < -0.4 is 4.74 Å². The summed E-state index contributed by atoms with van der Waals surface area (Å²) in [5.74, 6) is 0.704. The fourth-order valence-electron chi connectivity index (χ4n) is 1.16. The molecular weight excluding hydrogens is 279 g/mol. The quantitative estimate of drug-likeness (QED) is 0.811. The lowest BCUT2D eigenvalue weighted by molar-refractivity contribution is 0.266. The Bertz CT molecular complexity index is 305. The second-order valence-corrected chi connectivity index (χ2v) is 4.53. The van der Waals surface area contributed by atoms with Crippen LogP contribution in [0.25, 0.3) is 0 Å². The van der Waals surface area contributed by atoms with Gasteiger partial charge in [-0.15, -0.1) is 0 Å². The fourth-order valence-corrected chi connectivity index (χ4v) is 1.67. The van der Waals surface area contributed by atoms with Crippen LogP contribution in [0.2, 0.25) is 5.02 Å². The standard InChI is InChI=1S/C11H14BrClO2/c12-9-4-5-10(13)11(8-9)15-7-3-1-2-6-14/h4-5,8,14H,1-3,6-7H2. The first-order valence-electron chi connectivity index (χ1n) is 4.93. The van der Waals surface area contributed by atoms with Crippen LogP contribution >= 0.6 is 27.5 Å². The van der Waals surface area contributed by atoms with Gasteiger partial charge >= 0.3 is 0 Å². The normalized spacial score (nSPS) is 10.3. The van der Waals surface area contributed by atoms with Gasteiger partial charge in [-0.1, -0.05) is 27.5 Å². The minimum atomic E-state index is 0.248. The van der Waals surface area contributed by atoms with Crippen molar-refractivity contribution >= 4 is 27.5 Å². The highest BCUT2D eigenvalue weighted by Gasteiger charge is 2.01. The van der Waals surface area contributed by atoms with Crippen molar-refractivity contribution in [3.63, 3.8) is 0 Å². The molecule has 0 unspecified atom stereocenters. The molecule has 1 aromatic rings. The first-order valence-corrected chi connectivity index (χ1v) is 6.10. The molecule has 4 heteroatoms. The minimum Gasteiger partial charge on any atom is -0.492 e. The number of ether oxygens (including phenoxy) is 1. The minimum absolute atomic E-state index is 0.248. The number of benzene rings is 1. The molecular formula is C11H14BrClO2. The van der Waals surface area contributed by atoms with E-state index in [9.17, 15) is 0 Å². The predicted molar refractivity (Wildman–Crippen MR) is 65.6 cm³/mol. The van der Waals surface area contributed by atoms with E-state index in [0.717, 1.165) is 23.7 Å². The van der Waals surface area contributed by atoms with Crippen LogP contribution in [0.4, 0.5) is 0 Å². The van der Waals surface area contributed by atoms with Gasteiger partial charge in [-0.25, -0.2) is 0 Å². The third kappa shape index (κ3) is 4.87. The summed E-state index contributed by atoms with van der Waals surface area (Å²) in [4.78, 5) is 0. The zero-order valence-corrected chi connectivity index (χ0v) is 10.7. The molecule has 0 fully saturated rings. The molecule has 0 spiro atoms. The molecule has 0 aromatic heterocycles. The van der Waals surface area contributed by atoms with Crippen molar-refractivity contribution in [2.24, 2.45) is 0 Å². The van der Waals surface area contributed by atoms with Crippen molar-refractivity contribution in [1.29, 1.82) is 0 Å². The summed E-state index contributed by atoms with van der Waals surface area (Å²) < 4.78 is 6.48. The molecule has 1 N–H and O–H groups in total. The van der Waals surface area contributed by atoms with Crippen molar-refractivity contribution in [3.05, 3.63) is 27.7 Å². The summed E-state index contributed by atoms with van der Waals surface area (Å²) >= 11 is 9.31. The van der Waals surface area contributed by atoms with Crippen molar-refractivity contribution in [2.75, 3.05) is 13.2 Å². The lowest BCUT2D eigenvalue weighted by atomic mass is 10.2. The predicted octanol–water partition coefficient (Wildman–Crippen LogP) is 3.64. The van der Waals surface area contributed by atoms with Crippen LogP contribution in [0.15, 0.2) is 22.7 Å². The maximum absolute atomic E-state index is 8.59. The molecule has 0 bridgehead atoms. The summed E-state index contributed by atoms with van der Waals surface area (Å²) in [6, 6.07) is 5.53. The molecule has 0 atom stereocenters. The summed E-state index contributed by atoms with van der Waals surface area (Å²) in [7, 11) is 0. The van der Waals surface area contributed by atoms with Gasteiger partial charge < -0.3 is 9.84 Å². The van der Waals surface area contributed by atoms with E-state index in [0.29, 0.717) is 17.4 Å². The summed E-state index contributed by atoms with van der Waals surface area (Å²) in [5, 5.41) is 9.22. The Morgan fingerprint density at radius 1 is 1.27 bits per heavy atom. The third-order valence-electron chi connectivity index (χ3n) is 1.95. The Morgan fingerprint density at radius 2 is 2.07 bits per heavy atom. The van der Waals surface area contributed by atoms with Crippen LogP contribution in [-0.4, -0.2) is 18.3 Å². The van der Waals surface area contributed by atoms with Gasteiger partial charge in [-0.2, -0.15) is 0 Å². The molecule has 0 aliphatic rings. The highest BCUT2D eigenvalue weighted by Crippen LogP contribution is 2.27. The average Bonchev–Trinajstić information content (AvgIpc) is 2.23. The van der Waals surface area contributed by atoms with Gasteiger partial charge in [-0.05, 0) is 37.5 Å². The largest absolute Gasteiger partial charge is 0.492 e. The van der Waals surface area contributed by atoms with Gasteiger partial charge in [-0.3, -0.25) is 0 Å². The van der Waals surface area contributed by atoms with Crippen molar-refractivity contribution in [2.45, 2.75) is 19.3 Å². The molecule has 15 heavy (non-hydrogen) atoms.